The number of ketones is 1. The minimum absolute atomic E-state index is 0.157. The maximum Gasteiger partial charge on any atom is 0.215 e. The molecule has 0 bridgehead atoms. The van der Waals surface area contributed by atoms with Gasteiger partial charge in [0, 0.05) is 20.3 Å². The van der Waals surface area contributed by atoms with Gasteiger partial charge in [0.25, 0.3) is 0 Å². The van der Waals surface area contributed by atoms with Crippen LogP contribution in [-0.4, -0.2) is 25.3 Å². The zero-order chi connectivity index (χ0) is 11.9. The molecule has 0 aliphatic carbocycles. The van der Waals surface area contributed by atoms with Gasteiger partial charge in [0.05, 0.1) is 22.5 Å². The Hall–Kier alpha value is -1.62. The first kappa shape index (κ1) is 10.9. The average Bonchev–Trinajstić information content (AvgIpc) is 2.70. The predicted octanol–water partition coefficient (Wildman–Crippen LogP) is 1.35. The molecular formula is C10H11ClN4O. The first-order valence-corrected chi connectivity index (χ1v) is 5.11. The highest BCUT2D eigenvalue weighted by Gasteiger charge is 2.20. The number of aryl methyl sites for hydroxylation is 3. The number of aromatic nitrogens is 4. The van der Waals surface area contributed by atoms with Gasteiger partial charge in [-0.25, -0.2) is 0 Å². The summed E-state index contributed by atoms with van der Waals surface area (Å²) < 4.78 is 3.07. The molecule has 0 fully saturated rings. The largest absolute Gasteiger partial charge is 0.287 e. The Labute approximate surface area is 97.6 Å². The molecule has 0 saturated heterocycles. The van der Waals surface area contributed by atoms with E-state index in [1.165, 1.54) is 10.9 Å². The van der Waals surface area contributed by atoms with E-state index in [1.807, 2.05) is 0 Å². The van der Waals surface area contributed by atoms with Crippen LogP contribution in [0.3, 0.4) is 0 Å². The quantitative estimate of drug-likeness (QED) is 0.742. The second kappa shape index (κ2) is 3.75. The predicted molar refractivity (Wildman–Crippen MR) is 59.6 cm³/mol. The summed E-state index contributed by atoms with van der Waals surface area (Å²) in [5.41, 5.74) is 1.62. The van der Waals surface area contributed by atoms with Gasteiger partial charge in [-0.1, -0.05) is 11.6 Å². The number of carbonyl (C=O) groups is 1. The van der Waals surface area contributed by atoms with Gasteiger partial charge < -0.3 is 0 Å². The molecular weight excluding hydrogens is 228 g/mol. The van der Waals surface area contributed by atoms with E-state index in [0.717, 1.165) is 0 Å². The van der Waals surface area contributed by atoms with Crippen LogP contribution >= 0.6 is 11.6 Å². The van der Waals surface area contributed by atoms with Gasteiger partial charge in [-0.2, -0.15) is 10.2 Å². The molecule has 0 aliphatic heterocycles. The average molecular weight is 239 g/mol. The van der Waals surface area contributed by atoms with E-state index in [2.05, 4.69) is 10.2 Å². The minimum atomic E-state index is -0.157. The molecule has 0 radical (unpaired) electrons. The molecule has 0 N–H and O–H groups in total. The van der Waals surface area contributed by atoms with Crippen molar-refractivity contribution in [3.8, 4) is 0 Å². The van der Waals surface area contributed by atoms with Crippen molar-refractivity contribution in [1.29, 1.82) is 0 Å². The number of hydrogen-bond acceptors (Lipinski definition) is 3. The number of carbonyl (C=O) groups excluding carboxylic acids is 1. The smallest absolute Gasteiger partial charge is 0.215 e. The third-order valence-corrected chi connectivity index (χ3v) is 2.64. The molecule has 2 heterocycles. The fraction of sp³-hybridized carbons (Fsp3) is 0.300. The van der Waals surface area contributed by atoms with E-state index in [-0.39, 0.29) is 5.78 Å². The molecule has 0 unspecified atom stereocenters. The SMILES string of the molecule is Cc1nn(C)cc1C(=O)c1c(Cl)cnn1C. The van der Waals surface area contributed by atoms with Crippen molar-refractivity contribution < 1.29 is 4.79 Å². The summed E-state index contributed by atoms with van der Waals surface area (Å²) >= 11 is 5.92. The van der Waals surface area contributed by atoms with Gasteiger partial charge in [0.15, 0.2) is 0 Å². The number of hydrogen-bond donors (Lipinski definition) is 0. The molecule has 5 nitrogen and oxygen atoms in total. The van der Waals surface area contributed by atoms with Crippen LogP contribution in [0.15, 0.2) is 12.4 Å². The van der Waals surface area contributed by atoms with E-state index in [9.17, 15) is 4.79 Å². The van der Waals surface area contributed by atoms with E-state index >= 15 is 0 Å². The lowest BCUT2D eigenvalue weighted by Gasteiger charge is -2.00. The number of halogens is 1. The molecule has 84 valence electrons. The number of rotatable bonds is 2. The summed E-state index contributed by atoms with van der Waals surface area (Å²) in [7, 11) is 3.46. The van der Waals surface area contributed by atoms with Crippen LogP contribution in [0.5, 0.6) is 0 Å². The van der Waals surface area contributed by atoms with Crippen molar-refractivity contribution in [2.45, 2.75) is 6.92 Å². The second-order valence-electron chi connectivity index (χ2n) is 3.60. The van der Waals surface area contributed by atoms with E-state index in [1.54, 1.807) is 31.9 Å². The van der Waals surface area contributed by atoms with E-state index in [4.69, 9.17) is 11.6 Å². The third kappa shape index (κ3) is 1.63. The van der Waals surface area contributed by atoms with E-state index in [0.29, 0.717) is 22.0 Å². The Balaban J connectivity index is 2.51. The Morgan fingerprint density at radius 2 is 2.12 bits per heavy atom. The standard InChI is InChI=1S/C10H11ClN4O/c1-6-7(5-14(2)13-6)10(16)9-8(11)4-12-15(9)3/h4-5H,1-3H3. The van der Waals surface area contributed by atoms with Crippen molar-refractivity contribution in [2.75, 3.05) is 0 Å². The topological polar surface area (TPSA) is 52.7 Å². The van der Waals surface area contributed by atoms with Crippen LogP contribution in [0.25, 0.3) is 0 Å². The molecule has 16 heavy (non-hydrogen) atoms. The highest BCUT2D eigenvalue weighted by Crippen LogP contribution is 2.19. The Kier molecular flexibility index (Phi) is 2.55. The molecule has 0 saturated carbocycles. The van der Waals surface area contributed by atoms with Crippen LogP contribution in [0, 0.1) is 6.92 Å². The van der Waals surface area contributed by atoms with Crippen LogP contribution < -0.4 is 0 Å². The van der Waals surface area contributed by atoms with Crippen molar-refractivity contribution in [3.05, 3.63) is 34.4 Å². The van der Waals surface area contributed by atoms with Gasteiger partial charge in [0.1, 0.15) is 5.69 Å². The first-order chi connectivity index (χ1) is 7.50. The highest BCUT2D eigenvalue weighted by molar-refractivity contribution is 6.34. The third-order valence-electron chi connectivity index (χ3n) is 2.37. The van der Waals surface area contributed by atoms with Crippen LogP contribution in [0.1, 0.15) is 21.7 Å². The zero-order valence-corrected chi connectivity index (χ0v) is 9.99. The molecule has 0 amide bonds. The fourth-order valence-corrected chi connectivity index (χ4v) is 1.87. The van der Waals surface area contributed by atoms with Gasteiger partial charge >= 0.3 is 0 Å². The molecule has 0 atom stereocenters. The lowest BCUT2D eigenvalue weighted by Crippen LogP contribution is -2.09. The highest BCUT2D eigenvalue weighted by atomic mass is 35.5. The molecule has 2 aromatic rings. The minimum Gasteiger partial charge on any atom is -0.287 e. The summed E-state index contributed by atoms with van der Waals surface area (Å²) in [6.07, 6.45) is 3.14. The normalized spacial score (nSPS) is 10.8. The lowest BCUT2D eigenvalue weighted by atomic mass is 10.1. The summed E-state index contributed by atoms with van der Waals surface area (Å²) in [5, 5.41) is 8.42. The monoisotopic (exact) mass is 238 g/mol. The lowest BCUT2D eigenvalue weighted by molar-refractivity contribution is 0.103. The zero-order valence-electron chi connectivity index (χ0n) is 9.23. The molecule has 0 aliphatic rings. The van der Waals surface area contributed by atoms with Crippen LogP contribution in [-0.2, 0) is 14.1 Å². The number of nitrogens with zero attached hydrogens (tertiary/aromatic N) is 4. The Bertz CT molecular complexity index is 536. The molecule has 6 heteroatoms. The molecule has 0 aromatic carbocycles. The molecule has 2 rings (SSSR count). The summed E-state index contributed by atoms with van der Waals surface area (Å²) in [6, 6.07) is 0. The van der Waals surface area contributed by atoms with Gasteiger partial charge in [-0.15, -0.1) is 0 Å². The Morgan fingerprint density at radius 1 is 1.44 bits per heavy atom. The summed E-state index contributed by atoms with van der Waals surface area (Å²) in [4.78, 5) is 12.2. The van der Waals surface area contributed by atoms with Crippen molar-refractivity contribution >= 4 is 17.4 Å². The maximum atomic E-state index is 12.2. The van der Waals surface area contributed by atoms with Crippen LogP contribution in [0.2, 0.25) is 5.02 Å². The van der Waals surface area contributed by atoms with Crippen LogP contribution in [0.4, 0.5) is 0 Å². The van der Waals surface area contributed by atoms with Gasteiger partial charge in [-0.3, -0.25) is 14.2 Å². The van der Waals surface area contributed by atoms with Gasteiger partial charge in [-0.05, 0) is 6.92 Å². The van der Waals surface area contributed by atoms with E-state index < -0.39 is 0 Å². The molecule has 0 spiro atoms. The van der Waals surface area contributed by atoms with Crippen molar-refractivity contribution in [1.82, 2.24) is 19.6 Å². The van der Waals surface area contributed by atoms with Gasteiger partial charge in [0.2, 0.25) is 5.78 Å². The Morgan fingerprint density at radius 3 is 2.56 bits per heavy atom. The summed E-state index contributed by atoms with van der Waals surface area (Å²) in [6.45, 7) is 1.79. The maximum absolute atomic E-state index is 12.2. The van der Waals surface area contributed by atoms with Crippen molar-refractivity contribution in [2.24, 2.45) is 14.1 Å². The summed E-state index contributed by atoms with van der Waals surface area (Å²) in [5.74, 6) is -0.157. The first-order valence-electron chi connectivity index (χ1n) is 4.73. The molecule has 2 aromatic heterocycles. The fourth-order valence-electron chi connectivity index (χ4n) is 1.62. The second-order valence-corrected chi connectivity index (χ2v) is 4.00. The van der Waals surface area contributed by atoms with Crippen molar-refractivity contribution in [3.63, 3.8) is 0 Å².